The minimum atomic E-state index is -1.14. The van der Waals surface area contributed by atoms with Crippen LogP contribution in [0.2, 0.25) is 0 Å². The van der Waals surface area contributed by atoms with Crippen molar-refractivity contribution in [3.05, 3.63) is 42.5 Å². The normalized spacial score (nSPS) is 12.1. The number of carboxylic acid groups (broad SMARTS) is 1. The van der Waals surface area contributed by atoms with Crippen LogP contribution < -0.4 is 5.32 Å². The second kappa shape index (κ2) is 6.93. The van der Waals surface area contributed by atoms with Crippen LogP contribution in [0.25, 0.3) is 10.8 Å². The fourth-order valence-electron chi connectivity index (χ4n) is 2.23. The summed E-state index contributed by atoms with van der Waals surface area (Å²) >= 11 is 0. The van der Waals surface area contributed by atoms with E-state index in [-0.39, 0.29) is 12.3 Å². The number of benzene rings is 2. The summed E-state index contributed by atoms with van der Waals surface area (Å²) in [5, 5.41) is 13.6. The zero-order chi connectivity index (χ0) is 16.1. The van der Waals surface area contributed by atoms with Gasteiger partial charge in [0.25, 0.3) is 0 Å². The average molecular weight is 301 g/mol. The Morgan fingerprint density at radius 3 is 2.50 bits per heavy atom. The Morgan fingerprint density at radius 2 is 1.82 bits per heavy atom. The van der Waals surface area contributed by atoms with Crippen molar-refractivity contribution >= 4 is 28.5 Å². The van der Waals surface area contributed by atoms with E-state index in [9.17, 15) is 9.59 Å². The molecular weight excluding hydrogens is 282 g/mol. The van der Waals surface area contributed by atoms with Crippen molar-refractivity contribution in [1.29, 1.82) is 0 Å². The largest absolute Gasteiger partial charge is 0.479 e. The predicted octanol–water partition coefficient (Wildman–Crippen LogP) is 3.89. The Hall–Kier alpha value is -2.56. The number of fused-ring (bicyclic) bond motifs is 1. The number of nitrogens with one attached hydrogen (secondary N) is 1. The van der Waals surface area contributed by atoms with Gasteiger partial charge in [-0.3, -0.25) is 5.32 Å². The number of anilines is 1. The van der Waals surface area contributed by atoms with Crippen molar-refractivity contribution < 1.29 is 19.4 Å². The van der Waals surface area contributed by atoms with Crippen LogP contribution in [0.4, 0.5) is 10.5 Å². The number of ether oxygens (including phenoxy) is 1. The molecule has 0 bridgehead atoms. The van der Waals surface area contributed by atoms with Crippen molar-refractivity contribution in [3.63, 3.8) is 0 Å². The number of rotatable bonds is 5. The molecule has 1 atom stereocenters. The van der Waals surface area contributed by atoms with Gasteiger partial charge in [-0.1, -0.05) is 50.2 Å². The highest BCUT2D eigenvalue weighted by atomic mass is 16.6. The highest BCUT2D eigenvalue weighted by Crippen LogP contribution is 2.23. The van der Waals surface area contributed by atoms with Crippen LogP contribution in [0.15, 0.2) is 42.5 Å². The lowest BCUT2D eigenvalue weighted by molar-refractivity contribution is -0.147. The van der Waals surface area contributed by atoms with Crippen molar-refractivity contribution in [2.75, 3.05) is 5.32 Å². The summed E-state index contributed by atoms with van der Waals surface area (Å²) in [5.74, 6) is -1.02. The van der Waals surface area contributed by atoms with E-state index in [0.717, 1.165) is 10.8 Å². The second-order valence-corrected chi connectivity index (χ2v) is 5.51. The number of carbonyl (C=O) groups is 2. The van der Waals surface area contributed by atoms with Gasteiger partial charge in [0.05, 0.1) is 5.69 Å². The number of carboxylic acids is 1. The van der Waals surface area contributed by atoms with Gasteiger partial charge in [0.15, 0.2) is 0 Å². The maximum Gasteiger partial charge on any atom is 0.412 e. The number of aliphatic carboxylic acids is 1. The lowest BCUT2D eigenvalue weighted by Crippen LogP contribution is -2.30. The Kier molecular flexibility index (Phi) is 4.99. The molecule has 0 heterocycles. The Bertz CT molecular complexity index is 676. The van der Waals surface area contributed by atoms with Crippen LogP contribution in [-0.2, 0) is 9.53 Å². The molecule has 22 heavy (non-hydrogen) atoms. The monoisotopic (exact) mass is 301 g/mol. The first-order chi connectivity index (χ1) is 10.5. The van der Waals surface area contributed by atoms with E-state index in [4.69, 9.17) is 9.84 Å². The van der Waals surface area contributed by atoms with Gasteiger partial charge in [-0.25, -0.2) is 9.59 Å². The highest BCUT2D eigenvalue weighted by Gasteiger charge is 2.23. The average Bonchev–Trinajstić information content (AvgIpc) is 2.46. The zero-order valence-corrected chi connectivity index (χ0v) is 12.6. The van der Waals surface area contributed by atoms with Crippen molar-refractivity contribution in [3.8, 4) is 0 Å². The van der Waals surface area contributed by atoms with Crippen molar-refractivity contribution in [1.82, 2.24) is 0 Å². The van der Waals surface area contributed by atoms with Gasteiger partial charge in [0.2, 0.25) is 6.10 Å². The molecular formula is C17H19NO4. The molecule has 5 nitrogen and oxygen atoms in total. The summed E-state index contributed by atoms with van der Waals surface area (Å²) < 4.78 is 5.03. The molecule has 0 aliphatic carbocycles. The van der Waals surface area contributed by atoms with Crippen LogP contribution in [0.1, 0.15) is 20.3 Å². The minimum absolute atomic E-state index is 0.117. The lowest BCUT2D eigenvalue weighted by Gasteiger charge is -2.16. The summed E-state index contributed by atoms with van der Waals surface area (Å²) in [6, 6.07) is 13.1. The van der Waals surface area contributed by atoms with Crippen LogP contribution in [0, 0.1) is 5.92 Å². The SMILES string of the molecule is CC(C)C[C@H](OC(=O)Nc1cccc2ccccc12)C(=O)O. The Labute approximate surface area is 128 Å². The van der Waals surface area contributed by atoms with Gasteiger partial charge in [-0.2, -0.15) is 0 Å². The van der Waals surface area contributed by atoms with Crippen LogP contribution >= 0.6 is 0 Å². The minimum Gasteiger partial charge on any atom is -0.479 e. The first kappa shape index (κ1) is 15.8. The molecule has 0 fully saturated rings. The highest BCUT2D eigenvalue weighted by molar-refractivity contribution is 6.00. The molecule has 0 aromatic heterocycles. The van der Waals surface area contributed by atoms with Crippen molar-refractivity contribution in [2.45, 2.75) is 26.4 Å². The molecule has 5 heteroatoms. The van der Waals surface area contributed by atoms with Gasteiger partial charge in [0, 0.05) is 5.39 Å². The van der Waals surface area contributed by atoms with Gasteiger partial charge in [-0.05, 0) is 23.8 Å². The van der Waals surface area contributed by atoms with E-state index < -0.39 is 18.2 Å². The van der Waals surface area contributed by atoms with E-state index >= 15 is 0 Å². The maximum absolute atomic E-state index is 12.0. The van der Waals surface area contributed by atoms with E-state index in [2.05, 4.69) is 5.32 Å². The molecule has 2 aromatic rings. The smallest absolute Gasteiger partial charge is 0.412 e. The zero-order valence-electron chi connectivity index (χ0n) is 12.6. The molecule has 2 N–H and O–H groups in total. The van der Waals surface area contributed by atoms with E-state index in [1.807, 2.05) is 50.2 Å². The lowest BCUT2D eigenvalue weighted by atomic mass is 10.1. The van der Waals surface area contributed by atoms with E-state index in [1.54, 1.807) is 6.07 Å². The van der Waals surface area contributed by atoms with E-state index in [1.165, 1.54) is 0 Å². The molecule has 0 radical (unpaired) electrons. The molecule has 0 aliphatic heterocycles. The van der Waals surface area contributed by atoms with Crippen LogP contribution in [0.3, 0.4) is 0 Å². The third-order valence-electron chi connectivity index (χ3n) is 3.24. The first-order valence-electron chi connectivity index (χ1n) is 7.15. The molecule has 2 rings (SSSR count). The standard InChI is InChI=1S/C17H19NO4/c1-11(2)10-15(16(19)20)22-17(21)18-14-9-5-7-12-6-3-4-8-13(12)14/h3-9,11,15H,10H2,1-2H3,(H,18,21)(H,19,20)/t15-/m0/s1. The third kappa shape index (κ3) is 3.97. The van der Waals surface area contributed by atoms with E-state index in [0.29, 0.717) is 5.69 Å². The summed E-state index contributed by atoms with van der Waals surface area (Å²) in [6.07, 6.45) is -1.63. The molecule has 2 aromatic carbocycles. The van der Waals surface area contributed by atoms with Gasteiger partial charge < -0.3 is 9.84 Å². The van der Waals surface area contributed by atoms with Gasteiger partial charge in [-0.15, -0.1) is 0 Å². The van der Waals surface area contributed by atoms with Crippen molar-refractivity contribution in [2.24, 2.45) is 5.92 Å². The predicted molar refractivity (Wildman–Crippen MR) is 84.9 cm³/mol. The number of amides is 1. The Balaban J connectivity index is 2.12. The fraction of sp³-hybridized carbons (Fsp3) is 0.294. The summed E-state index contributed by atoms with van der Waals surface area (Å²) in [7, 11) is 0. The Morgan fingerprint density at radius 1 is 1.14 bits per heavy atom. The number of hydrogen-bond acceptors (Lipinski definition) is 3. The quantitative estimate of drug-likeness (QED) is 0.878. The summed E-state index contributed by atoms with van der Waals surface area (Å²) in [5.41, 5.74) is 0.594. The first-order valence-corrected chi connectivity index (χ1v) is 7.15. The summed E-state index contributed by atoms with van der Waals surface area (Å²) in [4.78, 5) is 23.1. The number of carbonyl (C=O) groups excluding carboxylic acids is 1. The molecule has 0 unspecified atom stereocenters. The second-order valence-electron chi connectivity index (χ2n) is 5.51. The van der Waals surface area contributed by atoms with Gasteiger partial charge in [0.1, 0.15) is 0 Å². The topological polar surface area (TPSA) is 75.6 Å². The molecule has 0 spiro atoms. The molecule has 0 saturated carbocycles. The molecule has 1 amide bonds. The molecule has 0 saturated heterocycles. The fourth-order valence-corrected chi connectivity index (χ4v) is 2.23. The maximum atomic E-state index is 12.0. The van der Waals surface area contributed by atoms with Crippen LogP contribution in [0.5, 0.6) is 0 Å². The third-order valence-corrected chi connectivity index (χ3v) is 3.24. The van der Waals surface area contributed by atoms with Gasteiger partial charge >= 0.3 is 12.1 Å². The molecule has 116 valence electrons. The molecule has 0 aliphatic rings. The van der Waals surface area contributed by atoms with Crippen LogP contribution in [-0.4, -0.2) is 23.3 Å². The number of hydrogen-bond donors (Lipinski definition) is 2. The summed E-state index contributed by atoms with van der Waals surface area (Å²) in [6.45, 7) is 3.75.